The van der Waals surface area contributed by atoms with Gasteiger partial charge in [-0.05, 0) is 13.5 Å². The summed E-state index contributed by atoms with van der Waals surface area (Å²) in [6, 6.07) is -0.814. The standard InChI is InChI=1S/C9H14F2N2O3/c1-12-6(8(15)16)2-3-7(14)13-4-9(10,11)5-13/h6,12H,2-5H2,1H3,(H,15,16)/t6-/m0/s1. The van der Waals surface area contributed by atoms with Crippen molar-refractivity contribution in [1.82, 2.24) is 10.2 Å². The third kappa shape index (κ3) is 3.13. The van der Waals surface area contributed by atoms with Crippen molar-refractivity contribution in [3.8, 4) is 0 Å². The van der Waals surface area contributed by atoms with Crippen LogP contribution >= 0.6 is 0 Å². The van der Waals surface area contributed by atoms with E-state index in [2.05, 4.69) is 5.32 Å². The molecule has 0 aromatic rings. The molecule has 7 heteroatoms. The monoisotopic (exact) mass is 236 g/mol. The number of nitrogens with one attached hydrogen (secondary N) is 1. The molecule has 1 fully saturated rings. The number of nitrogens with zero attached hydrogens (tertiary/aromatic N) is 1. The van der Waals surface area contributed by atoms with E-state index in [1.807, 2.05) is 0 Å². The number of likely N-dealkylation sites (tertiary alicyclic amines) is 1. The van der Waals surface area contributed by atoms with Crippen LogP contribution < -0.4 is 5.32 Å². The highest BCUT2D eigenvalue weighted by Gasteiger charge is 2.45. The maximum atomic E-state index is 12.4. The van der Waals surface area contributed by atoms with E-state index in [9.17, 15) is 18.4 Å². The van der Waals surface area contributed by atoms with Gasteiger partial charge in [-0.3, -0.25) is 9.59 Å². The predicted octanol–water partition coefficient (Wildman–Crippen LogP) is -0.0833. The van der Waals surface area contributed by atoms with Gasteiger partial charge in [-0.15, -0.1) is 0 Å². The molecule has 1 aliphatic rings. The molecule has 0 unspecified atom stereocenters. The molecule has 0 aliphatic carbocycles. The van der Waals surface area contributed by atoms with Crippen LogP contribution in [0.1, 0.15) is 12.8 Å². The highest BCUT2D eigenvalue weighted by atomic mass is 19.3. The molecule has 0 aromatic carbocycles. The van der Waals surface area contributed by atoms with Crippen molar-refractivity contribution in [3.63, 3.8) is 0 Å². The van der Waals surface area contributed by atoms with Crippen molar-refractivity contribution < 1.29 is 23.5 Å². The van der Waals surface area contributed by atoms with Crippen molar-refractivity contribution in [2.75, 3.05) is 20.1 Å². The van der Waals surface area contributed by atoms with Gasteiger partial charge in [0.15, 0.2) is 0 Å². The van der Waals surface area contributed by atoms with Crippen LogP contribution in [0.2, 0.25) is 0 Å². The Bertz CT molecular complexity index is 288. The smallest absolute Gasteiger partial charge is 0.320 e. The minimum absolute atomic E-state index is 0.0338. The molecule has 1 atom stereocenters. The van der Waals surface area contributed by atoms with E-state index in [0.29, 0.717) is 0 Å². The first-order valence-corrected chi connectivity index (χ1v) is 4.91. The Morgan fingerprint density at radius 2 is 2.06 bits per heavy atom. The average molecular weight is 236 g/mol. The molecule has 0 aromatic heterocycles. The van der Waals surface area contributed by atoms with E-state index in [0.717, 1.165) is 4.90 Å². The van der Waals surface area contributed by atoms with Gasteiger partial charge in [0.1, 0.15) is 6.04 Å². The molecule has 92 valence electrons. The van der Waals surface area contributed by atoms with E-state index in [1.165, 1.54) is 7.05 Å². The number of rotatable bonds is 5. The van der Waals surface area contributed by atoms with Gasteiger partial charge in [0.25, 0.3) is 5.92 Å². The highest BCUT2D eigenvalue weighted by molar-refractivity contribution is 5.79. The predicted molar refractivity (Wildman–Crippen MR) is 51.2 cm³/mol. The summed E-state index contributed by atoms with van der Waals surface area (Å²) in [6.45, 7) is -1.10. The zero-order valence-electron chi connectivity index (χ0n) is 8.87. The summed E-state index contributed by atoms with van der Waals surface area (Å²) in [5, 5.41) is 11.2. The molecule has 0 spiro atoms. The normalized spacial score (nSPS) is 20.1. The fourth-order valence-corrected chi connectivity index (χ4v) is 1.51. The van der Waals surface area contributed by atoms with Crippen molar-refractivity contribution in [3.05, 3.63) is 0 Å². The van der Waals surface area contributed by atoms with Crippen LogP contribution in [0, 0.1) is 0 Å². The van der Waals surface area contributed by atoms with Crippen LogP contribution in [-0.2, 0) is 9.59 Å². The number of hydrogen-bond acceptors (Lipinski definition) is 3. The Kier molecular flexibility index (Phi) is 3.79. The lowest BCUT2D eigenvalue weighted by Gasteiger charge is -2.38. The third-order valence-electron chi connectivity index (χ3n) is 2.49. The largest absolute Gasteiger partial charge is 0.480 e. The molecule has 1 aliphatic heterocycles. The first-order chi connectivity index (χ1) is 7.35. The van der Waals surface area contributed by atoms with Gasteiger partial charge in [0, 0.05) is 6.42 Å². The Hall–Kier alpha value is -1.24. The summed E-state index contributed by atoms with van der Waals surface area (Å²) in [6.07, 6.45) is 0.0701. The molecule has 2 N–H and O–H groups in total. The number of hydrogen-bond donors (Lipinski definition) is 2. The minimum Gasteiger partial charge on any atom is -0.480 e. The Labute approximate surface area is 91.4 Å². The minimum atomic E-state index is -2.77. The van der Waals surface area contributed by atoms with Gasteiger partial charge in [-0.2, -0.15) is 0 Å². The first kappa shape index (κ1) is 12.8. The summed E-state index contributed by atoms with van der Waals surface area (Å²) in [7, 11) is 1.47. The van der Waals surface area contributed by atoms with Crippen molar-refractivity contribution in [2.24, 2.45) is 0 Å². The number of carboxylic acid groups (broad SMARTS) is 1. The van der Waals surface area contributed by atoms with Crippen LogP contribution in [0.3, 0.4) is 0 Å². The van der Waals surface area contributed by atoms with Gasteiger partial charge in [-0.1, -0.05) is 0 Å². The number of alkyl halides is 2. The van der Waals surface area contributed by atoms with Gasteiger partial charge in [-0.25, -0.2) is 8.78 Å². The molecule has 1 heterocycles. The van der Waals surface area contributed by atoms with E-state index < -0.39 is 36.9 Å². The van der Waals surface area contributed by atoms with Crippen LogP contribution in [0.15, 0.2) is 0 Å². The van der Waals surface area contributed by atoms with E-state index >= 15 is 0 Å². The molecule has 0 radical (unpaired) electrons. The average Bonchev–Trinajstić information content (AvgIpc) is 2.14. The number of aliphatic carboxylic acids is 1. The number of carbonyl (C=O) groups excluding carboxylic acids is 1. The summed E-state index contributed by atoms with van der Waals surface area (Å²) in [5.74, 6) is -4.25. The lowest BCUT2D eigenvalue weighted by atomic mass is 10.1. The fourth-order valence-electron chi connectivity index (χ4n) is 1.51. The van der Waals surface area contributed by atoms with Crippen LogP contribution in [0.4, 0.5) is 8.78 Å². The lowest BCUT2D eigenvalue weighted by molar-refractivity contribution is -0.166. The van der Waals surface area contributed by atoms with Gasteiger partial charge >= 0.3 is 5.97 Å². The maximum absolute atomic E-state index is 12.4. The number of carbonyl (C=O) groups is 2. The molecule has 16 heavy (non-hydrogen) atoms. The Balaban J connectivity index is 2.28. The van der Waals surface area contributed by atoms with E-state index in [1.54, 1.807) is 0 Å². The number of likely N-dealkylation sites (N-methyl/N-ethyl adjacent to an activating group) is 1. The zero-order valence-corrected chi connectivity index (χ0v) is 8.87. The molecular formula is C9H14F2N2O3. The number of amides is 1. The Morgan fingerprint density at radius 3 is 2.44 bits per heavy atom. The van der Waals surface area contributed by atoms with Gasteiger partial charge in [0.05, 0.1) is 13.1 Å². The summed E-state index contributed by atoms with van der Waals surface area (Å²) in [4.78, 5) is 23.0. The summed E-state index contributed by atoms with van der Waals surface area (Å²) in [5.41, 5.74) is 0. The molecule has 1 amide bonds. The van der Waals surface area contributed by atoms with Crippen LogP contribution in [0.25, 0.3) is 0 Å². The molecule has 0 saturated carbocycles. The molecule has 1 rings (SSSR count). The van der Waals surface area contributed by atoms with E-state index in [4.69, 9.17) is 5.11 Å². The third-order valence-corrected chi connectivity index (χ3v) is 2.49. The van der Waals surface area contributed by atoms with Crippen LogP contribution in [-0.4, -0.2) is 54.0 Å². The summed E-state index contributed by atoms with van der Waals surface area (Å²) >= 11 is 0. The zero-order chi connectivity index (χ0) is 12.3. The van der Waals surface area contributed by atoms with E-state index in [-0.39, 0.29) is 12.8 Å². The Morgan fingerprint density at radius 1 is 1.50 bits per heavy atom. The molecular weight excluding hydrogens is 222 g/mol. The van der Waals surface area contributed by atoms with Gasteiger partial charge in [0.2, 0.25) is 5.91 Å². The quantitative estimate of drug-likeness (QED) is 0.700. The van der Waals surface area contributed by atoms with Crippen LogP contribution in [0.5, 0.6) is 0 Å². The topological polar surface area (TPSA) is 69.6 Å². The highest BCUT2D eigenvalue weighted by Crippen LogP contribution is 2.27. The lowest BCUT2D eigenvalue weighted by Crippen LogP contribution is -2.58. The SMILES string of the molecule is CN[C@@H](CCC(=O)N1CC(F)(F)C1)C(=O)O. The molecule has 0 bridgehead atoms. The second-order valence-electron chi connectivity index (χ2n) is 3.82. The van der Waals surface area contributed by atoms with Crippen molar-refractivity contribution >= 4 is 11.9 Å². The molecule has 1 saturated heterocycles. The maximum Gasteiger partial charge on any atom is 0.320 e. The second-order valence-corrected chi connectivity index (χ2v) is 3.82. The van der Waals surface area contributed by atoms with Gasteiger partial charge < -0.3 is 15.3 Å². The fraction of sp³-hybridized carbons (Fsp3) is 0.778. The summed E-state index contributed by atoms with van der Waals surface area (Å²) < 4.78 is 24.9. The van der Waals surface area contributed by atoms with Crippen molar-refractivity contribution in [1.29, 1.82) is 0 Å². The van der Waals surface area contributed by atoms with Crippen molar-refractivity contribution in [2.45, 2.75) is 24.8 Å². The number of carboxylic acids is 1. The molecule has 5 nitrogen and oxygen atoms in total. The first-order valence-electron chi connectivity index (χ1n) is 4.91. The second kappa shape index (κ2) is 4.73. The number of halogens is 2.